The van der Waals surface area contributed by atoms with Crippen molar-refractivity contribution in [2.24, 2.45) is 0 Å². The molecule has 0 radical (unpaired) electrons. The van der Waals surface area contributed by atoms with Crippen molar-refractivity contribution in [2.75, 3.05) is 0 Å². The Hall–Kier alpha value is -1.72. The second-order valence-electron chi connectivity index (χ2n) is 3.57. The fourth-order valence-corrected chi connectivity index (χ4v) is 1.48. The fourth-order valence-electron chi connectivity index (χ4n) is 1.48. The molecule has 0 fully saturated rings. The highest BCUT2D eigenvalue weighted by molar-refractivity contribution is 6.60. The summed E-state index contributed by atoms with van der Waals surface area (Å²) >= 11 is 0. The highest BCUT2D eigenvalue weighted by Crippen LogP contribution is 2.14. The van der Waals surface area contributed by atoms with Crippen molar-refractivity contribution >= 4 is 12.6 Å². The maximum Gasteiger partial charge on any atom is 0.492 e. The molecule has 80 valence electrons. The van der Waals surface area contributed by atoms with E-state index in [2.05, 4.69) is 9.97 Å². The van der Waals surface area contributed by atoms with Gasteiger partial charge < -0.3 is 10.0 Å². The molecular formula is C11H11BN2O2. The molecule has 0 unspecified atom stereocenters. The second-order valence-corrected chi connectivity index (χ2v) is 3.57. The van der Waals surface area contributed by atoms with Crippen LogP contribution < -0.4 is 5.46 Å². The minimum atomic E-state index is -1.56. The lowest BCUT2D eigenvalue weighted by molar-refractivity contribution is 0.425. The lowest BCUT2D eigenvalue weighted by Gasteiger charge is -2.06. The number of hydrogen-bond donors (Lipinski definition) is 2. The van der Waals surface area contributed by atoms with Crippen LogP contribution in [0.25, 0.3) is 11.3 Å². The Bertz CT molecular complexity index is 486. The first-order valence-corrected chi connectivity index (χ1v) is 4.91. The van der Waals surface area contributed by atoms with Crippen molar-refractivity contribution in [2.45, 2.75) is 6.92 Å². The number of rotatable bonds is 2. The van der Waals surface area contributed by atoms with Gasteiger partial charge in [-0.2, -0.15) is 0 Å². The SMILES string of the molecule is Cc1ccc(-c2ncncc2B(O)O)cc1. The molecule has 0 amide bonds. The van der Waals surface area contributed by atoms with Gasteiger partial charge in [-0.25, -0.2) is 9.97 Å². The van der Waals surface area contributed by atoms with Crippen LogP contribution in [-0.4, -0.2) is 27.1 Å². The van der Waals surface area contributed by atoms with Crippen LogP contribution in [0.15, 0.2) is 36.8 Å². The molecular weight excluding hydrogens is 203 g/mol. The molecule has 0 atom stereocenters. The van der Waals surface area contributed by atoms with Crippen LogP contribution in [0.5, 0.6) is 0 Å². The molecule has 0 saturated carbocycles. The summed E-state index contributed by atoms with van der Waals surface area (Å²) in [5.41, 5.74) is 2.84. The Morgan fingerprint density at radius 1 is 1.12 bits per heavy atom. The minimum absolute atomic E-state index is 0.311. The van der Waals surface area contributed by atoms with Gasteiger partial charge in [0.2, 0.25) is 0 Å². The molecule has 5 heteroatoms. The first-order valence-electron chi connectivity index (χ1n) is 4.91. The van der Waals surface area contributed by atoms with E-state index >= 15 is 0 Å². The smallest absolute Gasteiger partial charge is 0.423 e. The van der Waals surface area contributed by atoms with Gasteiger partial charge in [0.05, 0.1) is 5.69 Å². The third-order valence-electron chi connectivity index (χ3n) is 2.34. The normalized spacial score (nSPS) is 10.2. The molecule has 0 saturated heterocycles. The minimum Gasteiger partial charge on any atom is -0.423 e. The van der Waals surface area contributed by atoms with E-state index in [9.17, 15) is 10.0 Å². The van der Waals surface area contributed by atoms with Crippen molar-refractivity contribution in [3.05, 3.63) is 42.4 Å². The van der Waals surface area contributed by atoms with Crippen molar-refractivity contribution in [3.8, 4) is 11.3 Å². The van der Waals surface area contributed by atoms with Gasteiger partial charge >= 0.3 is 7.12 Å². The van der Waals surface area contributed by atoms with Gasteiger partial charge in [0.15, 0.2) is 0 Å². The van der Waals surface area contributed by atoms with E-state index in [0.717, 1.165) is 11.1 Å². The predicted octanol–water partition coefficient (Wildman–Crippen LogP) is 0.132. The highest BCUT2D eigenvalue weighted by Gasteiger charge is 2.18. The van der Waals surface area contributed by atoms with Crippen molar-refractivity contribution < 1.29 is 10.0 Å². The van der Waals surface area contributed by atoms with Gasteiger partial charge in [-0.15, -0.1) is 0 Å². The lowest BCUT2D eigenvalue weighted by Crippen LogP contribution is -2.32. The van der Waals surface area contributed by atoms with Crippen LogP contribution in [0.3, 0.4) is 0 Å². The van der Waals surface area contributed by atoms with Gasteiger partial charge in [-0.1, -0.05) is 29.8 Å². The fraction of sp³-hybridized carbons (Fsp3) is 0.0909. The first kappa shape index (κ1) is 10.8. The summed E-state index contributed by atoms with van der Waals surface area (Å²) in [6.07, 6.45) is 2.80. The van der Waals surface area contributed by atoms with Crippen molar-refractivity contribution in [1.29, 1.82) is 0 Å². The van der Waals surface area contributed by atoms with Gasteiger partial charge in [0.25, 0.3) is 0 Å². The van der Waals surface area contributed by atoms with Crippen LogP contribution in [0, 0.1) is 6.92 Å². The molecule has 0 spiro atoms. The second kappa shape index (κ2) is 4.43. The van der Waals surface area contributed by atoms with E-state index in [-0.39, 0.29) is 0 Å². The van der Waals surface area contributed by atoms with Crippen LogP contribution in [0.2, 0.25) is 0 Å². The molecule has 0 bridgehead atoms. The molecule has 1 aromatic carbocycles. The number of nitrogens with zero attached hydrogens (tertiary/aromatic N) is 2. The summed E-state index contributed by atoms with van der Waals surface area (Å²) < 4.78 is 0. The van der Waals surface area contributed by atoms with E-state index in [0.29, 0.717) is 11.2 Å². The van der Waals surface area contributed by atoms with E-state index in [1.165, 1.54) is 12.5 Å². The molecule has 2 rings (SSSR count). The molecule has 2 aromatic rings. The van der Waals surface area contributed by atoms with E-state index in [1.807, 2.05) is 31.2 Å². The largest absolute Gasteiger partial charge is 0.492 e. The van der Waals surface area contributed by atoms with Gasteiger partial charge in [-0.3, -0.25) is 0 Å². The molecule has 16 heavy (non-hydrogen) atoms. The summed E-state index contributed by atoms with van der Waals surface area (Å²) in [7, 11) is -1.56. The first-order chi connectivity index (χ1) is 7.68. The van der Waals surface area contributed by atoms with Crippen LogP contribution >= 0.6 is 0 Å². The molecule has 2 N–H and O–H groups in total. The topological polar surface area (TPSA) is 66.2 Å². The summed E-state index contributed by atoms with van der Waals surface area (Å²) in [6.45, 7) is 1.99. The number of aryl methyl sites for hydroxylation is 1. The maximum absolute atomic E-state index is 9.20. The zero-order valence-corrected chi connectivity index (χ0v) is 8.83. The average Bonchev–Trinajstić information content (AvgIpc) is 2.30. The molecule has 1 heterocycles. The van der Waals surface area contributed by atoms with Crippen LogP contribution in [0.1, 0.15) is 5.56 Å². The standard InChI is InChI=1S/C11H11BN2O2/c1-8-2-4-9(5-3-8)11-10(12(15)16)6-13-7-14-11/h2-7,15-16H,1H3. The van der Waals surface area contributed by atoms with Gasteiger partial charge in [-0.05, 0) is 12.5 Å². The summed E-state index contributed by atoms with van der Waals surface area (Å²) in [4.78, 5) is 7.85. The maximum atomic E-state index is 9.20. The number of hydrogen-bond acceptors (Lipinski definition) is 4. The Labute approximate surface area is 93.8 Å². The summed E-state index contributed by atoms with van der Waals surface area (Å²) in [5, 5.41) is 18.4. The molecule has 0 aliphatic carbocycles. The Morgan fingerprint density at radius 3 is 2.44 bits per heavy atom. The van der Waals surface area contributed by atoms with E-state index in [4.69, 9.17) is 0 Å². The van der Waals surface area contributed by atoms with Crippen LogP contribution in [0.4, 0.5) is 0 Å². The van der Waals surface area contributed by atoms with Gasteiger partial charge in [0.1, 0.15) is 6.33 Å². The number of benzene rings is 1. The van der Waals surface area contributed by atoms with Crippen molar-refractivity contribution in [3.63, 3.8) is 0 Å². The van der Waals surface area contributed by atoms with Gasteiger partial charge in [0, 0.05) is 11.7 Å². The number of aromatic nitrogens is 2. The predicted molar refractivity (Wildman–Crippen MR) is 62.0 cm³/mol. The quantitative estimate of drug-likeness (QED) is 0.697. The zero-order chi connectivity index (χ0) is 11.5. The Balaban J connectivity index is 2.51. The average molecular weight is 214 g/mol. The van der Waals surface area contributed by atoms with Crippen LogP contribution in [-0.2, 0) is 0 Å². The molecule has 4 nitrogen and oxygen atoms in total. The van der Waals surface area contributed by atoms with Crippen molar-refractivity contribution in [1.82, 2.24) is 9.97 Å². The zero-order valence-electron chi connectivity index (χ0n) is 8.83. The Kier molecular flexibility index (Phi) is 2.98. The van der Waals surface area contributed by atoms with E-state index < -0.39 is 7.12 Å². The third-order valence-corrected chi connectivity index (χ3v) is 2.34. The molecule has 0 aliphatic heterocycles. The third kappa shape index (κ3) is 2.10. The lowest BCUT2D eigenvalue weighted by atomic mass is 9.78. The van der Waals surface area contributed by atoms with E-state index in [1.54, 1.807) is 0 Å². The highest BCUT2D eigenvalue weighted by atomic mass is 16.4. The summed E-state index contributed by atoms with van der Waals surface area (Å²) in [6, 6.07) is 7.68. The monoisotopic (exact) mass is 214 g/mol. The molecule has 1 aromatic heterocycles. The Morgan fingerprint density at radius 2 is 1.81 bits per heavy atom. The molecule has 0 aliphatic rings. The summed E-state index contributed by atoms with van der Waals surface area (Å²) in [5.74, 6) is 0.